The summed E-state index contributed by atoms with van der Waals surface area (Å²) in [5.74, 6) is 0.558. The fourth-order valence-corrected chi connectivity index (χ4v) is 2.78. The van der Waals surface area contributed by atoms with Crippen molar-refractivity contribution in [2.24, 2.45) is 0 Å². The van der Waals surface area contributed by atoms with Gasteiger partial charge in [-0.05, 0) is 31.9 Å². The number of amides is 1. The molecule has 0 N–H and O–H groups in total. The first-order chi connectivity index (χ1) is 12.6. The molecule has 144 valence electrons. The topological polar surface area (TPSA) is 74.3 Å². The molecule has 1 unspecified atom stereocenters. The van der Waals surface area contributed by atoms with Crippen LogP contribution in [-0.4, -0.2) is 62.9 Å². The van der Waals surface area contributed by atoms with Crippen LogP contribution in [0.25, 0.3) is 0 Å². The van der Waals surface area contributed by atoms with Gasteiger partial charge in [0.2, 0.25) is 0 Å². The summed E-state index contributed by atoms with van der Waals surface area (Å²) in [6, 6.07) is 7.16. The van der Waals surface area contributed by atoms with Crippen LogP contribution in [0.4, 0.5) is 0 Å². The number of rotatable bonds is 10. The molecule has 0 aliphatic carbocycles. The number of benzene rings is 1. The number of methoxy groups -OCH3 is 1. The van der Waals surface area contributed by atoms with Crippen molar-refractivity contribution in [2.45, 2.75) is 32.3 Å². The molecule has 1 atom stereocenters. The molecule has 1 aliphatic heterocycles. The van der Waals surface area contributed by atoms with E-state index in [-0.39, 0.29) is 37.6 Å². The predicted octanol–water partition coefficient (Wildman–Crippen LogP) is 2.03. The van der Waals surface area contributed by atoms with Gasteiger partial charge in [0.05, 0.1) is 26.2 Å². The van der Waals surface area contributed by atoms with Gasteiger partial charge in [-0.3, -0.25) is 9.59 Å². The maximum atomic E-state index is 12.6. The molecule has 7 nitrogen and oxygen atoms in total. The van der Waals surface area contributed by atoms with Crippen LogP contribution in [0.2, 0.25) is 0 Å². The van der Waals surface area contributed by atoms with Crippen LogP contribution in [-0.2, 0) is 19.1 Å². The van der Waals surface area contributed by atoms with Crippen molar-refractivity contribution in [1.82, 2.24) is 4.90 Å². The molecule has 0 aromatic heterocycles. The lowest BCUT2D eigenvalue weighted by atomic mass is 10.2. The van der Waals surface area contributed by atoms with E-state index in [9.17, 15) is 9.59 Å². The SMILES string of the molecule is CCOC(=O)CCN(CC1CCCO1)C(=O)COc1ccccc1OC. The quantitative estimate of drug-likeness (QED) is 0.591. The molecule has 1 aromatic carbocycles. The highest BCUT2D eigenvalue weighted by Crippen LogP contribution is 2.25. The van der Waals surface area contributed by atoms with Crippen LogP contribution in [0.3, 0.4) is 0 Å². The van der Waals surface area contributed by atoms with Crippen molar-refractivity contribution < 1.29 is 28.5 Å². The summed E-state index contributed by atoms with van der Waals surface area (Å²) in [6.07, 6.45) is 2.06. The Balaban J connectivity index is 1.93. The van der Waals surface area contributed by atoms with E-state index in [1.807, 2.05) is 12.1 Å². The maximum Gasteiger partial charge on any atom is 0.307 e. The summed E-state index contributed by atoms with van der Waals surface area (Å²) in [5, 5.41) is 0. The number of esters is 1. The van der Waals surface area contributed by atoms with Gasteiger partial charge in [-0.1, -0.05) is 12.1 Å². The first-order valence-electron chi connectivity index (χ1n) is 8.94. The highest BCUT2D eigenvalue weighted by molar-refractivity contribution is 5.78. The lowest BCUT2D eigenvalue weighted by Crippen LogP contribution is -2.41. The third-order valence-corrected chi connectivity index (χ3v) is 4.11. The number of carbonyl (C=O) groups is 2. The molecule has 26 heavy (non-hydrogen) atoms. The molecule has 0 spiro atoms. The third-order valence-electron chi connectivity index (χ3n) is 4.11. The molecule has 0 bridgehead atoms. The Morgan fingerprint density at radius 3 is 2.69 bits per heavy atom. The van der Waals surface area contributed by atoms with Crippen LogP contribution in [0.15, 0.2) is 24.3 Å². The lowest BCUT2D eigenvalue weighted by Gasteiger charge is -2.25. The van der Waals surface area contributed by atoms with Gasteiger partial charge in [-0.15, -0.1) is 0 Å². The molecule has 0 saturated carbocycles. The Kier molecular flexibility index (Phi) is 8.21. The van der Waals surface area contributed by atoms with Gasteiger partial charge in [0.25, 0.3) is 5.91 Å². The monoisotopic (exact) mass is 365 g/mol. The van der Waals surface area contributed by atoms with Crippen LogP contribution < -0.4 is 9.47 Å². The normalized spacial score (nSPS) is 16.2. The Bertz CT molecular complexity index is 585. The molecule has 1 saturated heterocycles. The minimum atomic E-state index is -0.316. The van der Waals surface area contributed by atoms with Gasteiger partial charge in [-0.25, -0.2) is 0 Å². The number of carbonyl (C=O) groups excluding carboxylic acids is 2. The van der Waals surface area contributed by atoms with E-state index in [2.05, 4.69) is 0 Å². The minimum absolute atomic E-state index is 0.00686. The van der Waals surface area contributed by atoms with E-state index in [1.165, 1.54) is 0 Å². The van der Waals surface area contributed by atoms with Crippen molar-refractivity contribution in [3.8, 4) is 11.5 Å². The standard InChI is InChI=1S/C19H27NO6/c1-3-24-19(22)10-11-20(13-15-7-6-12-25-15)18(21)14-26-17-9-5-4-8-16(17)23-2/h4-5,8-9,15H,3,6-7,10-14H2,1-2H3. The average Bonchev–Trinajstić information content (AvgIpc) is 3.16. The Morgan fingerprint density at radius 2 is 2.04 bits per heavy atom. The summed E-state index contributed by atoms with van der Waals surface area (Å²) in [5.41, 5.74) is 0. The first kappa shape index (κ1) is 20.0. The number of hydrogen-bond donors (Lipinski definition) is 0. The molecule has 1 amide bonds. The van der Waals surface area contributed by atoms with E-state index in [1.54, 1.807) is 31.1 Å². The number of ether oxygens (including phenoxy) is 4. The van der Waals surface area contributed by atoms with Crippen molar-refractivity contribution in [3.05, 3.63) is 24.3 Å². The van der Waals surface area contributed by atoms with Gasteiger partial charge in [0.15, 0.2) is 18.1 Å². The highest BCUT2D eigenvalue weighted by atomic mass is 16.5. The zero-order valence-electron chi connectivity index (χ0n) is 15.4. The maximum absolute atomic E-state index is 12.6. The fourth-order valence-electron chi connectivity index (χ4n) is 2.78. The molecular formula is C19H27NO6. The fraction of sp³-hybridized carbons (Fsp3) is 0.579. The molecule has 2 rings (SSSR count). The Labute approximate surface area is 154 Å². The number of hydrogen-bond acceptors (Lipinski definition) is 6. The first-order valence-corrected chi connectivity index (χ1v) is 8.94. The second-order valence-corrected chi connectivity index (χ2v) is 5.97. The average molecular weight is 365 g/mol. The Hall–Kier alpha value is -2.28. The second kappa shape index (κ2) is 10.7. The number of nitrogens with zero attached hydrogens (tertiary/aromatic N) is 1. The smallest absolute Gasteiger partial charge is 0.307 e. The lowest BCUT2D eigenvalue weighted by molar-refractivity contribution is -0.144. The summed E-state index contributed by atoms with van der Waals surface area (Å²) in [7, 11) is 1.55. The van der Waals surface area contributed by atoms with E-state index >= 15 is 0 Å². The molecule has 1 aromatic rings. The van der Waals surface area contributed by atoms with E-state index in [0.29, 0.717) is 31.3 Å². The molecule has 0 radical (unpaired) electrons. The zero-order chi connectivity index (χ0) is 18.8. The van der Waals surface area contributed by atoms with Gasteiger partial charge in [0.1, 0.15) is 0 Å². The van der Waals surface area contributed by atoms with Crippen LogP contribution in [0.1, 0.15) is 26.2 Å². The van der Waals surface area contributed by atoms with Gasteiger partial charge < -0.3 is 23.8 Å². The van der Waals surface area contributed by atoms with Crippen molar-refractivity contribution in [2.75, 3.05) is 40.0 Å². The summed E-state index contributed by atoms with van der Waals surface area (Å²) in [4.78, 5) is 25.9. The molecule has 1 fully saturated rings. The minimum Gasteiger partial charge on any atom is -0.493 e. The largest absolute Gasteiger partial charge is 0.493 e. The van der Waals surface area contributed by atoms with E-state index in [0.717, 1.165) is 12.8 Å². The second-order valence-electron chi connectivity index (χ2n) is 5.97. The van der Waals surface area contributed by atoms with Gasteiger partial charge >= 0.3 is 5.97 Å². The van der Waals surface area contributed by atoms with Crippen LogP contribution in [0, 0.1) is 0 Å². The van der Waals surface area contributed by atoms with Gasteiger partial charge in [0, 0.05) is 19.7 Å². The third kappa shape index (κ3) is 6.22. The number of para-hydroxylation sites is 2. The van der Waals surface area contributed by atoms with Crippen molar-refractivity contribution >= 4 is 11.9 Å². The summed E-state index contributed by atoms with van der Waals surface area (Å²) < 4.78 is 21.4. The van der Waals surface area contributed by atoms with E-state index in [4.69, 9.17) is 18.9 Å². The van der Waals surface area contributed by atoms with Gasteiger partial charge in [-0.2, -0.15) is 0 Å². The van der Waals surface area contributed by atoms with Crippen LogP contribution >= 0.6 is 0 Å². The molecular weight excluding hydrogens is 338 g/mol. The summed E-state index contributed by atoms with van der Waals surface area (Å²) >= 11 is 0. The highest BCUT2D eigenvalue weighted by Gasteiger charge is 2.23. The molecule has 7 heteroatoms. The summed E-state index contributed by atoms with van der Waals surface area (Å²) in [6.45, 7) is 3.41. The van der Waals surface area contributed by atoms with E-state index < -0.39 is 0 Å². The molecule has 1 heterocycles. The van der Waals surface area contributed by atoms with Crippen molar-refractivity contribution in [1.29, 1.82) is 0 Å². The predicted molar refractivity (Wildman–Crippen MR) is 95.3 cm³/mol. The Morgan fingerprint density at radius 1 is 1.27 bits per heavy atom. The molecule has 1 aliphatic rings. The van der Waals surface area contributed by atoms with Crippen LogP contribution in [0.5, 0.6) is 11.5 Å². The zero-order valence-corrected chi connectivity index (χ0v) is 15.4. The van der Waals surface area contributed by atoms with Crippen molar-refractivity contribution in [3.63, 3.8) is 0 Å².